The zero-order chi connectivity index (χ0) is 46.5. The molecule has 1 unspecified atom stereocenters. The van der Waals surface area contributed by atoms with E-state index in [1.165, 1.54) is 135 Å². The molecule has 0 bridgehead atoms. The fourth-order valence-electron chi connectivity index (χ4n) is 7.39. The molecule has 0 rings (SSSR count). The standard InChI is InChI=1S/C58H100O6/c1-4-7-10-13-16-19-22-25-26-27-28-29-30-31-32-34-36-39-42-45-48-51-57(60)63-54-55(53-62-56(59)50-47-44-41-38-35-24-21-18-15-12-9-6-3)64-58(61)52-49-46-43-40-37-33-23-20-17-14-11-8-5-2/h8,11,17-18,20-21,27-28,33,37,43,46,55H,4-7,9-10,12-16,19,22-26,29-32,34-36,38-42,44-45,47-54H2,1-3H3/b11-8-,20-17-,21-18-,28-27-,37-33-,46-43-. The van der Waals surface area contributed by atoms with Crippen LogP contribution in [0.4, 0.5) is 0 Å². The molecule has 0 saturated heterocycles. The molecule has 0 aliphatic heterocycles. The van der Waals surface area contributed by atoms with Gasteiger partial charge in [0.1, 0.15) is 13.2 Å². The maximum atomic E-state index is 12.7. The topological polar surface area (TPSA) is 78.9 Å². The van der Waals surface area contributed by atoms with Gasteiger partial charge in [-0.1, -0.05) is 216 Å². The molecule has 0 amide bonds. The van der Waals surface area contributed by atoms with Crippen molar-refractivity contribution in [3.05, 3.63) is 72.9 Å². The van der Waals surface area contributed by atoms with Crippen LogP contribution in [0.2, 0.25) is 0 Å². The molecule has 0 fully saturated rings. The van der Waals surface area contributed by atoms with Gasteiger partial charge in [0.25, 0.3) is 0 Å². The summed E-state index contributed by atoms with van der Waals surface area (Å²) in [5, 5.41) is 0. The normalized spacial score (nSPS) is 12.6. The lowest BCUT2D eigenvalue weighted by atomic mass is 10.1. The molecular formula is C58H100O6. The third-order valence-corrected chi connectivity index (χ3v) is 11.4. The summed E-state index contributed by atoms with van der Waals surface area (Å²) in [7, 11) is 0. The van der Waals surface area contributed by atoms with Crippen molar-refractivity contribution in [3.8, 4) is 0 Å². The zero-order valence-electron chi connectivity index (χ0n) is 42.0. The third kappa shape index (κ3) is 49.9. The molecule has 0 aromatic carbocycles. The Bertz CT molecular complexity index is 1210. The molecule has 368 valence electrons. The first-order valence-corrected chi connectivity index (χ1v) is 26.9. The smallest absolute Gasteiger partial charge is 0.306 e. The molecule has 64 heavy (non-hydrogen) atoms. The van der Waals surface area contributed by atoms with E-state index in [2.05, 4.69) is 81.5 Å². The first kappa shape index (κ1) is 60.9. The van der Waals surface area contributed by atoms with Crippen molar-refractivity contribution >= 4 is 17.9 Å². The lowest BCUT2D eigenvalue weighted by Crippen LogP contribution is -2.30. The summed E-state index contributed by atoms with van der Waals surface area (Å²) in [4.78, 5) is 37.9. The van der Waals surface area contributed by atoms with E-state index in [4.69, 9.17) is 14.2 Å². The second-order valence-corrected chi connectivity index (χ2v) is 17.7. The third-order valence-electron chi connectivity index (χ3n) is 11.4. The van der Waals surface area contributed by atoms with Crippen LogP contribution in [0, 0.1) is 0 Å². The van der Waals surface area contributed by atoms with E-state index in [9.17, 15) is 14.4 Å². The van der Waals surface area contributed by atoms with Crippen molar-refractivity contribution in [2.75, 3.05) is 13.2 Å². The predicted octanol–water partition coefficient (Wildman–Crippen LogP) is 17.8. The number of unbranched alkanes of at least 4 members (excludes halogenated alkanes) is 25. The molecule has 0 radical (unpaired) electrons. The Hall–Kier alpha value is -3.15. The Morgan fingerprint density at radius 3 is 1.05 bits per heavy atom. The predicted molar refractivity (Wildman–Crippen MR) is 274 cm³/mol. The van der Waals surface area contributed by atoms with Crippen LogP contribution in [0.25, 0.3) is 0 Å². The van der Waals surface area contributed by atoms with E-state index in [1.807, 2.05) is 12.2 Å². The first-order valence-electron chi connectivity index (χ1n) is 26.9. The van der Waals surface area contributed by atoms with Crippen LogP contribution in [0.5, 0.6) is 0 Å². The molecule has 0 aromatic rings. The van der Waals surface area contributed by atoms with Crippen LogP contribution >= 0.6 is 0 Å². The first-order chi connectivity index (χ1) is 31.5. The van der Waals surface area contributed by atoms with Gasteiger partial charge in [-0.3, -0.25) is 14.4 Å². The van der Waals surface area contributed by atoms with Crippen LogP contribution < -0.4 is 0 Å². The average molecular weight is 893 g/mol. The molecule has 0 heterocycles. The van der Waals surface area contributed by atoms with Crippen LogP contribution in [0.3, 0.4) is 0 Å². The number of hydrogen-bond donors (Lipinski definition) is 0. The second-order valence-electron chi connectivity index (χ2n) is 17.7. The van der Waals surface area contributed by atoms with Crippen molar-refractivity contribution in [2.45, 2.75) is 264 Å². The van der Waals surface area contributed by atoms with Gasteiger partial charge in [0, 0.05) is 19.3 Å². The molecule has 0 aliphatic rings. The maximum absolute atomic E-state index is 12.7. The summed E-state index contributed by atoms with van der Waals surface area (Å²) < 4.78 is 16.7. The van der Waals surface area contributed by atoms with Crippen molar-refractivity contribution in [1.29, 1.82) is 0 Å². The Kier molecular flexibility index (Phi) is 49.9. The summed E-state index contributed by atoms with van der Waals surface area (Å²) in [6.45, 7) is 6.43. The minimum atomic E-state index is -0.816. The van der Waals surface area contributed by atoms with Gasteiger partial charge in [0.15, 0.2) is 6.10 Å². The zero-order valence-corrected chi connectivity index (χ0v) is 42.0. The van der Waals surface area contributed by atoms with Crippen LogP contribution in [-0.2, 0) is 28.6 Å². The fourth-order valence-corrected chi connectivity index (χ4v) is 7.39. The number of rotatable bonds is 48. The quantitative estimate of drug-likeness (QED) is 0.0262. The van der Waals surface area contributed by atoms with Crippen molar-refractivity contribution in [2.24, 2.45) is 0 Å². The van der Waals surface area contributed by atoms with E-state index in [0.717, 1.165) is 77.0 Å². The van der Waals surface area contributed by atoms with E-state index < -0.39 is 12.1 Å². The highest BCUT2D eigenvalue weighted by Gasteiger charge is 2.19. The van der Waals surface area contributed by atoms with Gasteiger partial charge in [-0.2, -0.15) is 0 Å². The van der Waals surface area contributed by atoms with Gasteiger partial charge < -0.3 is 14.2 Å². The van der Waals surface area contributed by atoms with Crippen LogP contribution in [-0.4, -0.2) is 37.2 Å². The average Bonchev–Trinajstić information content (AvgIpc) is 3.29. The van der Waals surface area contributed by atoms with Crippen molar-refractivity contribution < 1.29 is 28.6 Å². The SMILES string of the molecule is CC/C=C\C/C=C\C/C=C\C/C=C\CCC(=O)OC(COC(=O)CCCCCCC/C=C\CCCCC)COC(=O)CCCCCCCCCCC/C=C\CCCCCCCCCC. The maximum Gasteiger partial charge on any atom is 0.306 e. The molecule has 1 atom stereocenters. The monoisotopic (exact) mass is 893 g/mol. The number of carbonyl (C=O) groups excluding carboxylic acids is 3. The van der Waals surface area contributed by atoms with E-state index in [1.54, 1.807) is 0 Å². The number of hydrogen-bond acceptors (Lipinski definition) is 6. The lowest BCUT2D eigenvalue weighted by Gasteiger charge is -2.18. The number of ether oxygens (including phenoxy) is 3. The van der Waals surface area contributed by atoms with Gasteiger partial charge in [0.05, 0.1) is 0 Å². The largest absolute Gasteiger partial charge is 0.462 e. The van der Waals surface area contributed by atoms with E-state index in [-0.39, 0.29) is 31.6 Å². The number of allylic oxidation sites excluding steroid dienone is 12. The molecule has 0 aliphatic carbocycles. The molecule has 6 nitrogen and oxygen atoms in total. The summed E-state index contributed by atoms with van der Waals surface area (Å²) in [5.41, 5.74) is 0. The van der Waals surface area contributed by atoms with Crippen molar-refractivity contribution in [3.63, 3.8) is 0 Å². The molecule has 0 saturated carbocycles. The van der Waals surface area contributed by atoms with E-state index in [0.29, 0.717) is 19.3 Å². The minimum absolute atomic E-state index is 0.107. The summed E-state index contributed by atoms with van der Waals surface area (Å²) in [6.07, 6.45) is 66.2. The van der Waals surface area contributed by atoms with Gasteiger partial charge in [-0.25, -0.2) is 0 Å². The summed E-state index contributed by atoms with van der Waals surface area (Å²) in [6, 6.07) is 0. The molecule has 0 N–H and O–H groups in total. The van der Waals surface area contributed by atoms with Gasteiger partial charge in [0.2, 0.25) is 0 Å². The summed E-state index contributed by atoms with van der Waals surface area (Å²) in [5.74, 6) is -0.999. The van der Waals surface area contributed by atoms with Gasteiger partial charge in [-0.15, -0.1) is 0 Å². The molecular weight excluding hydrogens is 793 g/mol. The lowest BCUT2D eigenvalue weighted by molar-refractivity contribution is -0.166. The highest BCUT2D eigenvalue weighted by Crippen LogP contribution is 2.14. The Balaban J connectivity index is 4.37. The Labute approximate surface area is 395 Å². The Morgan fingerprint density at radius 1 is 0.328 bits per heavy atom. The number of carbonyl (C=O) groups is 3. The Morgan fingerprint density at radius 2 is 0.641 bits per heavy atom. The second kappa shape index (κ2) is 52.5. The van der Waals surface area contributed by atoms with Crippen LogP contribution in [0.15, 0.2) is 72.9 Å². The fraction of sp³-hybridized carbons (Fsp3) is 0.741. The summed E-state index contributed by atoms with van der Waals surface area (Å²) >= 11 is 0. The van der Waals surface area contributed by atoms with Gasteiger partial charge >= 0.3 is 17.9 Å². The minimum Gasteiger partial charge on any atom is -0.462 e. The van der Waals surface area contributed by atoms with Gasteiger partial charge in [-0.05, 0) is 96.3 Å². The molecule has 0 spiro atoms. The number of esters is 3. The van der Waals surface area contributed by atoms with E-state index >= 15 is 0 Å². The van der Waals surface area contributed by atoms with Crippen LogP contribution in [0.1, 0.15) is 258 Å². The highest BCUT2D eigenvalue weighted by atomic mass is 16.6. The van der Waals surface area contributed by atoms with Crippen molar-refractivity contribution in [1.82, 2.24) is 0 Å². The molecule has 6 heteroatoms. The molecule has 0 aromatic heterocycles. The highest BCUT2D eigenvalue weighted by molar-refractivity contribution is 5.71.